The molecule has 9 heteroatoms. The molecule has 0 aromatic rings. The van der Waals surface area contributed by atoms with Crippen LogP contribution in [0.15, 0.2) is 0 Å². The summed E-state index contributed by atoms with van der Waals surface area (Å²) in [5.41, 5.74) is 0. The predicted molar refractivity (Wildman–Crippen MR) is 55.1 cm³/mol. The zero-order chi connectivity index (χ0) is 12.6. The highest BCUT2D eigenvalue weighted by Crippen LogP contribution is 1.90. The van der Waals surface area contributed by atoms with Crippen LogP contribution in [0, 0.1) is 0 Å². The Bertz CT molecular complexity index is 304. The standard InChI is InChI=1S/C7H16N2O6S/c1-15-5-4-9-16(13,14)8-3-2-6(10)7(11)12/h6,8-10H,2-5H2,1H3,(H,11,12)/t6-/m0/s1. The largest absolute Gasteiger partial charge is 0.479 e. The molecule has 0 heterocycles. The number of aliphatic carboxylic acids is 1. The second-order valence-corrected chi connectivity index (χ2v) is 4.51. The third-order valence-corrected chi connectivity index (χ3v) is 2.76. The first-order valence-corrected chi connectivity index (χ1v) is 6.01. The van der Waals surface area contributed by atoms with Gasteiger partial charge in [0.25, 0.3) is 10.2 Å². The first-order chi connectivity index (χ1) is 7.39. The van der Waals surface area contributed by atoms with Crippen LogP contribution < -0.4 is 9.44 Å². The summed E-state index contributed by atoms with van der Waals surface area (Å²) in [5, 5.41) is 17.2. The maximum Gasteiger partial charge on any atom is 0.332 e. The van der Waals surface area contributed by atoms with Crippen molar-refractivity contribution in [3.8, 4) is 0 Å². The van der Waals surface area contributed by atoms with E-state index in [2.05, 4.69) is 14.2 Å². The number of methoxy groups -OCH3 is 1. The van der Waals surface area contributed by atoms with E-state index in [1.807, 2.05) is 0 Å². The Morgan fingerprint density at radius 1 is 1.38 bits per heavy atom. The van der Waals surface area contributed by atoms with E-state index in [4.69, 9.17) is 10.2 Å². The summed E-state index contributed by atoms with van der Waals surface area (Å²) in [4.78, 5) is 10.2. The fraction of sp³-hybridized carbons (Fsp3) is 0.857. The van der Waals surface area contributed by atoms with Gasteiger partial charge in [0, 0.05) is 20.2 Å². The minimum atomic E-state index is -3.66. The number of nitrogens with one attached hydrogen (secondary N) is 2. The van der Waals surface area contributed by atoms with E-state index in [0.717, 1.165) is 0 Å². The van der Waals surface area contributed by atoms with Crippen LogP contribution in [-0.2, 0) is 19.7 Å². The van der Waals surface area contributed by atoms with E-state index in [0.29, 0.717) is 0 Å². The molecule has 0 aromatic carbocycles. The third-order valence-electron chi connectivity index (χ3n) is 1.59. The predicted octanol–water partition coefficient (Wildman–Crippen LogP) is -2.11. The molecule has 0 rings (SSSR count). The van der Waals surface area contributed by atoms with Crippen LogP contribution in [0.5, 0.6) is 0 Å². The first kappa shape index (κ1) is 15.3. The number of carboxylic acids is 1. The molecule has 0 aliphatic carbocycles. The number of carbonyl (C=O) groups is 1. The quantitative estimate of drug-likeness (QED) is 0.350. The van der Waals surface area contributed by atoms with Crippen molar-refractivity contribution in [3.63, 3.8) is 0 Å². The van der Waals surface area contributed by atoms with Crippen LogP contribution in [0.25, 0.3) is 0 Å². The van der Waals surface area contributed by atoms with Crippen LogP contribution in [-0.4, -0.2) is 57.5 Å². The molecular weight excluding hydrogens is 240 g/mol. The van der Waals surface area contributed by atoms with Crippen molar-refractivity contribution < 1.29 is 28.2 Å². The Balaban J connectivity index is 3.78. The smallest absolute Gasteiger partial charge is 0.332 e. The summed E-state index contributed by atoms with van der Waals surface area (Å²) in [6.07, 6.45) is -1.76. The molecule has 1 atom stereocenters. The molecule has 0 amide bonds. The molecule has 0 aromatic heterocycles. The minimum absolute atomic E-state index is 0.118. The normalized spacial score (nSPS) is 13.6. The van der Waals surface area contributed by atoms with Crippen molar-refractivity contribution in [2.45, 2.75) is 12.5 Å². The lowest BCUT2D eigenvalue weighted by Crippen LogP contribution is -2.39. The molecule has 4 N–H and O–H groups in total. The van der Waals surface area contributed by atoms with Crippen molar-refractivity contribution in [1.82, 2.24) is 9.44 Å². The Labute approximate surface area is 93.8 Å². The topological polar surface area (TPSA) is 125 Å². The highest BCUT2D eigenvalue weighted by Gasteiger charge is 2.14. The number of hydrogen-bond acceptors (Lipinski definition) is 5. The molecule has 0 aliphatic rings. The summed E-state index contributed by atoms with van der Waals surface area (Å²) in [6.45, 7) is 0.196. The maximum atomic E-state index is 11.1. The fourth-order valence-electron chi connectivity index (χ4n) is 0.783. The van der Waals surface area contributed by atoms with Crippen molar-refractivity contribution in [3.05, 3.63) is 0 Å². The molecular formula is C7H16N2O6S. The molecule has 0 fully saturated rings. The van der Waals surface area contributed by atoms with Crippen molar-refractivity contribution in [1.29, 1.82) is 0 Å². The van der Waals surface area contributed by atoms with Gasteiger partial charge in [0.1, 0.15) is 0 Å². The lowest BCUT2D eigenvalue weighted by molar-refractivity contribution is -0.146. The molecule has 0 bridgehead atoms. The van der Waals surface area contributed by atoms with Gasteiger partial charge in [0.15, 0.2) is 6.10 Å². The summed E-state index contributed by atoms with van der Waals surface area (Å²) >= 11 is 0. The van der Waals surface area contributed by atoms with E-state index in [1.54, 1.807) is 0 Å². The second kappa shape index (κ2) is 7.52. The molecule has 0 saturated carbocycles. The number of ether oxygens (including phenoxy) is 1. The van der Waals surface area contributed by atoms with Crippen molar-refractivity contribution in [2.75, 3.05) is 26.8 Å². The van der Waals surface area contributed by atoms with Gasteiger partial charge in [-0.15, -0.1) is 0 Å². The van der Waals surface area contributed by atoms with Gasteiger partial charge in [-0.1, -0.05) is 0 Å². The number of hydrogen-bond donors (Lipinski definition) is 4. The van der Waals surface area contributed by atoms with E-state index in [-0.39, 0.29) is 26.1 Å². The SMILES string of the molecule is COCCNS(=O)(=O)NCC[C@H](O)C(=O)O. The van der Waals surface area contributed by atoms with Crippen LogP contribution >= 0.6 is 0 Å². The molecule has 16 heavy (non-hydrogen) atoms. The third kappa shape index (κ3) is 7.54. The molecule has 0 radical (unpaired) electrons. The summed E-state index contributed by atoms with van der Waals surface area (Å²) < 4.78 is 31.2. The van der Waals surface area contributed by atoms with E-state index in [1.165, 1.54) is 7.11 Å². The fourth-order valence-corrected chi connectivity index (χ4v) is 1.62. The highest BCUT2D eigenvalue weighted by molar-refractivity contribution is 7.87. The average molecular weight is 256 g/mol. The molecule has 0 unspecified atom stereocenters. The highest BCUT2D eigenvalue weighted by atomic mass is 32.2. The zero-order valence-corrected chi connectivity index (χ0v) is 9.66. The maximum absolute atomic E-state index is 11.1. The molecule has 96 valence electrons. The van der Waals surface area contributed by atoms with E-state index >= 15 is 0 Å². The zero-order valence-electron chi connectivity index (χ0n) is 8.84. The Kier molecular flexibility index (Phi) is 7.17. The van der Waals surface area contributed by atoms with Gasteiger partial charge in [0.2, 0.25) is 0 Å². The Hall–Kier alpha value is -0.740. The van der Waals surface area contributed by atoms with Crippen LogP contribution in [0.4, 0.5) is 0 Å². The van der Waals surface area contributed by atoms with Gasteiger partial charge >= 0.3 is 5.97 Å². The summed E-state index contributed by atoms with van der Waals surface area (Å²) in [5.74, 6) is -1.38. The monoisotopic (exact) mass is 256 g/mol. The van der Waals surface area contributed by atoms with Crippen molar-refractivity contribution >= 4 is 16.2 Å². The van der Waals surface area contributed by atoms with Gasteiger partial charge in [-0.3, -0.25) is 0 Å². The van der Waals surface area contributed by atoms with Crippen LogP contribution in [0.1, 0.15) is 6.42 Å². The number of aliphatic hydroxyl groups excluding tert-OH is 1. The summed E-state index contributed by atoms with van der Waals surface area (Å²) in [7, 11) is -2.22. The van der Waals surface area contributed by atoms with Gasteiger partial charge in [0.05, 0.1) is 6.61 Å². The Morgan fingerprint density at radius 2 is 1.94 bits per heavy atom. The number of rotatable bonds is 9. The van der Waals surface area contributed by atoms with Gasteiger partial charge < -0.3 is 14.9 Å². The average Bonchev–Trinajstić information content (AvgIpc) is 2.17. The van der Waals surface area contributed by atoms with Crippen molar-refractivity contribution in [2.24, 2.45) is 0 Å². The van der Waals surface area contributed by atoms with E-state index < -0.39 is 22.3 Å². The lowest BCUT2D eigenvalue weighted by Gasteiger charge is -2.08. The molecule has 0 spiro atoms. The number of aliphatic hydroxyl groups is 1. The number of carboxylic acid groups (broad SMARTS) is 1. The van der Waals surface area contributed by atoms with Crippen LogP contribution in [0.2, 0.25) is 0 Å². The minimum Gasteiger partial charge on any atom is -0.479 e. The lowest BCUT2D eigenvalue weighted by atomic mass is 10.3. The van der Waals surface area contributed by atoms with Gasteiger partial charge in [-0.25, -0.2) is 9.52 Å². The van der Waals surface area contributed by atoms with Gasteiger partial charge in [-0.05, 0) is 6.42 Å². The molecule has 0 saturated heterocycles. The summed E-state index contributed by atoms with van der Waals surface area (Å²) in [6, 6.07) is 0. The second-order valence-electron chi connectivity index (χ2n) is 2.93. The van der Waals surface area contributed by atoms with Crippen LogP contribution in [0.3, 0.4) is 0 Å². The Morgan fingerprint density at radius 3 is 2.44 bits per heavy atom. The molecule has 0 aliphatic heterocycles. The molecule has 8 nitrogen and oxygen atoms in total. The first-order valence-electron chi connectivity index (χ1n) is 4.53. The van der Waals surface area contributed by atoms with E-state index in [9.17, 15) is 13.2 Å². The van der Waals surface area contributed by atoms with Gasteiger partial charge in [-0.2, -0.15) is 13.1 Å².